The molecule has 3 N–H and O–H groups in total. The molecule has 0 aromatic heterocycles. The summed E-state index contributed by atoms with van der Waals surface area (Å²) in [6.45, 7) is 3.90. The smallest absolute Gasteiger partial charge is 0.130 e. The summed E-state index contributed by atoms with van der Waals surface area (Å²) < 4.78 is 18.4. The van der Waals surface area contributed by atoms with Crippen molar-refractivity contribution in [3.63, 3.8) is 0 Å². The van der Waals surface area contributed by atoms with E-state index in [1.807, 2.05) is 13.8 Å². The Labute approximate surface area is 88.6 Å². The van der Waals surface area contributed by atoms with E-state index in [4.69, 9.17) is 15.9 Å². The van der Waals surface area contributed by atoms with E-state index in [0.29, 0.717) is 11.3 Å². The van der Waals surface area contributed by atoms with Gasteiger partial charge < -0.3 is 10.5 Å². The summed E-state index contributed by atoms with van der Waals surface area (Å²) in [5.74, 6) is -0.150. The van der Waals surface area contributed by atoms with E-state index in [-0.39, 0.29) is 11.9 Å². The molecule has 1 atom stereocenters. The number of hydrogen-bond acceptors (Lipinski definition) is 2. The number of amidine groups is 1. The zero-order valence-electron chi connectivity index (χ0n) is 8.88. The molecule has 0 bridgehead atoms. The van der Waals surface area contributed by atoms with Gasteiger partial charge in [0.15, 0.2) is 0 Å². The molecule has 0 saturated heterocycles. The van der Waals surface area contributed by atoms with Crippen molar-refractivity contribution in [2.24, 2.45) is 5.73 Å². The predicted octanol–water partition coefficient (Wildman–Crippen LogP) is 2.29. The van der Waals surface area contributed by atoms with Gasteiger partial charge in [0.25, 0.3) is 0 Å². The maximum absolute atomic E-state index is 12.9. The Balaban J connectivity index is 3.01. The van der Waals surface area contributed by atoms with Gasteiger partial charge in [-0.3, -0.25) is 5.41 Å². The molecule has 1 aromatic rings. The molecular weight excluding hydrogens is 195 g/mol. The summed E-state index contributed by atoms with van der Waals surface area (Å²) in [5.41, 5.74) is 5.64. The van der Waals surface area contributed by atoms with Gasteiger partial charge in [-0.15, -0.1) is 0 Å². The van der Waals surface area contributed by atoms with E-state index in [2.05, 4.69) is 0 Å². The Bertz CT molecular complexity index is 366. The van der Waals surface area contributed by atoms with Crippen LogP contribution in [0.2, 0.25) is 0 Å². The van der Waals surface area contributed by atoms with Crippen molar-refractivity contribution in [1.82, 2.24) is 0 Å². The van der Waals surface area contributed by atoms with Gasteiger partial charge >= 0.3 is 0 Å². The van der Waals surface area contributed by atoms with Crippen molar-refractivity contribution in [3.8, 4) is 5.75 Å². The summed E-state index contributed by atoms with van der Waals surface area (Å²) in [6.07, 6.45) is 0.864. The lowest BCUT2D eigenvalue weighted by Gasteiger charge is -2.15. The van der Waals surface area contributed by atoms with Crippen molar-refractivity contribution < 1.29 is 9.13 Å². The third kappa shape index (κ3) is 2.94. The van der Waals surface area contributed by atoms with Crippen LogP contribution in [0.25, 0.3) is 0 Å². The Morgan fingerprint density at radius 3 is 2.80 bits per heavy atom. The highest BCUT2D eigenvalue weighted by Crippen LogP contribution is 2.21. The van der Waals surface area contributed by atoms with Gasteiger partial charge in [0.05, 0.1) is 11.7 Å². The molecule has 0 heterocycles. The van der Waals surface area contributed by atoms with Crippen LogP contribution < -0.4 is 10.5 Å². The first kappa shape index (κ1) is 11.5. The average molecular weight is 210 g/mol. The molecule has 0 aliphatic heterocycles. The number of hydrogen-bond donors (Lipinski definition) is 2. The SMILES string of the molecule is CCC(C)Oc1ccc(F)cc1C(=N)N. The average Bonchev–Trinajstić information content (AvgIpc) is 2.20. The molecule has 0 aliphatic carbocycles. The largest absolute Gasteiger partial charge is 0.490 e. The maximum Gasteiger partial charge on any atom is 0.130 e. The van der Waals surface area contributed by atoms with Crippen LogP contribution in [-0.2, 0) is 0 Å². The van der Waals surface area contributed by atoms with E-state index < -0.39 is 5.82 Å². The number of nitrogens with two attached hydrogens (primary N) is 1. The van der Waals surface area contributed by atoms with Gasteiger partial charge in [0, 0.05) is 0 Å². The molecule has 0 radical (unpaired) electrons. The van der Waals surface area contributed by atoms with Crippen LogP contribution in [0, 0.1) is 11.2 Å². The van der Waals surface area contributed by atoms with E-state index in [1.54, 1.807) is 0 Å². The number of ether oxygens (including phenoxy) is 1. The number of benzene rings is 1. The number of nitrogens with one attached hydrogen (secondary N) is 1. The molecule has 0 saturated carbocycles. The van der Waals surface area contributed by atoms with Gasteiger partial charge in [0.1, 0.15) is 17.4 Å². The Morgan fingerprint density at radius 1 is 1.60 bits per heavy atom. The zero-order chi connectivity index (χ0) is 11.4. The van der Waals surface area contributed by atoms with Gasteiger partial charge in [0.2, 0.25) is 0 Å². The van der Waals surface area contributed by atoms with Crippen molar-refractivity contribution in [2.75, 3.05) is 0 Å². The molecule has 1 rings (SSSR count). The van der Waals surface area contributed by atoms with Crippen LogP contribution in [-0.4, -0.2) is 11.9 Å². The highest BCUT2D eigenvalue weighted by Gasteiger charge is 2.10. The molecule has 3 nitrogen and oxygen atoms in total. The van der Waals surface area contributed by atoms with E-state index >= 15 is 0 Å². The van der Waals surface area contributed by atoms with Gasteiger partial charge in [-0.1, -0.05) is 6.92 Å². The molecule has 4 heteroatoms. The van der Waals surface area contributed by atoms with E-state index in [9.17, 15) is 4.39 Å². The Hall–Kier alpha value is -1.58. The Kier molecular flexibility index (Phi) is 3.66. The van der Waals surface area contributed by atoms with Crippen molar-refractivity contribution in [1.29, 1.82) is 5.41 Å². The standard InChI is InChI=1S/C11H15FN2O/c1-3-7(2)15-10-5-4-8(12)6-9(10)11(13)14/h4-7H,3H2,1-2H3,(H3,13,14). The molecule has 0 fully saturated rings. The quantitative estimate of drug-likeness (QED) is 0.591. The lowest BCUT2D eigenvalue weighted by atomic mass is 10.1. The fourth-order valence-electron chi connectivity index (χ4n) is 1.12. The first-order valence-electron chi connectivity index (χ1n) is 4.85. The molecular formula is C11H15FN2O. The van der Waals surface area contributed by atoms with Crippen LogP contribution in [0.5, 0.6) is 5.75 Å². The molecule has 15 heavy (non-hydrogen) atoms. The lowest BCUT2D eigenvalue weighted by Crippen LogP contribution is -2.17. The van der Waals surface area contributed by atoms with E-state index in [1.165, 1.54) is 18.2 Å². The maximum atomic E-state index is 12.9. The first-order valence-corrected chi connectivity index (χ1v) is 4.85. The third-order valence-corrected chi connectivity index (χ3v) is 2.13. The molecule has 0 aliphatic rings. The van der Waals surface area contributed by atoms with Crippen LogP contribution in [0.3, 0.4) is 0 Å². The predicted molar refractivity (Wildman–Crippen MR) is 57.8 cm³/mol. The molecule has 1 unspecified atom stereocenters. The van der Waals surface area contributed by atoms with Crippen LogP contribution >= 0.6 is 0 Å². The lowest BCUT2D eigenvalue weighted by molar-refractivity contribution is 0.217. The molecule has 0 spiro atoms. The van der Waals surface area contributed by atoms with Crippen LogP contribution in [0.1, 0.15) is 25.8 Å². The van der Waals surface area contributed by atoms with Crippen LogP contribution in [0.15, 0.2) is 18.2 Å². The third-order valence-electron chi connectivity index (χ3n) is 2.13. The molecule has 0 amide bonds. The summed E-state index contributed by atoms with van der Waals surface area (Å²) >= 11 is 0. The summed E-state index contributed by atoms with van der Waals surface area (Å²) in [7, 11) is 0. The second-order valence-corrected chi connectivity index (χ2v) is 3.39. The van der Waals surface area contributed by atoms with E-state index in [0.717, 1.165) is 6.42 Å². The summed E-state index contributed by atoms with van der Waals surface area (Å²) in [5, 5.41) is 7.31. The number of halogens is 1. The zero-order valence-corrected chi connectivity index (χ0v) is 8.88. The van der Waals surface area contributed by atoms with Gasteiger partial charge in [-0.05, 0) is 31.5 Å². The first-order chi connectivity index (χ1) is 7.04. The topological polar surface area (TPSA) is 59.1 Å². The normalized spacial score (nSPS) is 12.2. The molecule has 82 valence electrons. The summed E-state index contributed by atoms with van der Waals surface area (Å²) in [4.78, 5) is 0. The fourth-order valence-corrected chi connectivity index (χ4v) is 1.12. The van der Waals surface area contributed by atoms with Crippen LogP contribution in [0.4, 0.5) is 4.39 Å². The van der Waals surface area contributed by atoms with Crippen molar-refractivity contribution >= 4 is 5.84 Å². The minimum Gasteiger partial charge on any atom is -0.490 e. The second-order valence-electron chi connectivity index (χ2n) is 3.39. The molecule has 1 aromatic carbocycles. The number of nitrogen functional groups attached to an aromatic ring is 1. The van der Waals surface area contributed by atoms with Crippen molar-refractivity contribution in [2.45, 2.75) is 26.4 Å². The highest BCUT2D eigenvalue weighted by molar-refractivity contribution is 5.97. The summed E-state index contributed by atoms with van der Waals surface area (Å²) in [6, 6.07) is 4.00. The van der Waals surface area contributed by atoms with Gasteiger partial charge in [-0.25, -0.2) is 4.39 Å². The number of rotatable bonds is 4. The van der Waals surface area contributed by atoms with Crippen molar-refractivity contribution in [3.05, 3.63) is 29.6 Å². The fraction of sp³-hybridized carbons (Fsp3) is 0.364. The second kappa shape index (κ2) is 4.77. The monoisotopic (exact) mass is 210 g/mol. The highest BCUT2D eigenvalue weighted by atomic mass is 19.1. The Morgan fingerprint density at radius 2 is 2.27 bits per heavy atom. The minimum atomic E-state index is -0.420. The van der Waals surface area contributed by atoms with Gasteiger partial charge in [-0.2, -0.15) is 0 Å². The minimum absolute atomic E-state index is 0.0218.